The molecule has 1 aliphatic rings. The van der Waals surface area contributed by atoms with Crippen LogP contribution in [0.5, 0.6) is 11.5 Å². The van der Waals surface area contributed by atoms with E-state index in [0.29, 0.717) is 22.0 Å². The zero-order valence-corrected chi connectivity index (χ0v) is 19.2. The van der Waals surface area contributed by atoms with Gasteiger partial charge in [-0.3, -0.25) is 15.0 Å². The molecule has 168 valence electrons. The normalized spacial score (nSPS) is 14.5. The lowest BCUT2D eigenvalue weighted by molar-refractivity contribution is -0.117. The van der Waals surface area contributed by atoms with Crippen molar-refractivity contribution in [1.29, 1.82) is 0 Å². The fourth-order valence-electron chi connectivity index (χ4n) is 3.32. The number of nitrogens with one attached hydrogen (secondary N) is 1. The molecule has 0 saturated carbocycles. The van der Waals surface area contributed by atoms with Gasteiger partial charge in [0.25, 0.3) is 11.8 Å². The van der Waals surface area contributed by atoms with Gasteiger partial charge in [0.05, 0.1) is 10.7 Å². The first kappa shape index (κ1) is 22.7. The number of rotatable bonds is 7. The number of aryl methyl sites for hydroxylation is 1. The Hall–Kier alpha value is -3.48. The summed E-state index contributed by atoms with van der Waals surface area (Å²) in [6.45, 7) is 2.46. The third kappa shape index (κ3) is 5.30. The van der Waals surface area contributed by atoms with Gasteiger partial charge in [-0.25, -0.2) is 5.01 Å². The van der Waals surface area contributed by atoms with E-state index >= 15 is 0 Å². The van der Waals surface area contributed by atoms with Gasteiger partial charge in [-0.15, -0.1) is 0 Å². The topological polar surface area (TPSA) is 67.9 Å². The van der Waals surface area contributed by atoms with Gasteiger partial charge in [-0.2, -0.15) is 0 Å². The molecule has 1 fully saturated rings. The van der Waals surface area contributed by atoms with Gasteiger partial charge in [-0.05, 0) is 55.0 Å². The van der Waals surface area contributed by atoms with Crippen molar-refractivity contribution in [2.45, 2.75) is 6.92 Å². The number of ether oxygens (including phenoxy) is 2. The van der Waals surface area contributed by atoms with E-state index in [1.165, 1.54) is 17.2 Å². The first-order chi connectivity index (χ1) is 15.9. The second-order valence-electron chi connectivity index (χ2n) is 7.29. The molecule has 0 radical (unpaired) electrons. The molecule has 1 saturated heterocycles. The number of nitrogens with zero attached hydrogens (tertiary/aromatic N) is 1. The van der Waals surface area contributed by atoms with E-state index in [2.05, 4.69) is 5.43 Å². The van der Waals surface area contributed by atoms with Crippen LogP contribution in [-0.4, -0.2) is 25.0 Å². The lowest BCUT2D eigenvalue weighted by atomic mass is 10.1. The van der Waals surface area contributed by atoms with E-state index in [1.54, 1.807) is 30.3 Å². The Bertz CT molecular complexity index is 1230. The highest BCUT2D eigenvalue weighted by atomic mass is 35.5. The summed E-state index contributed by atoms with van der Waals surface area (Å²) in [5, 5.41) is 1.80. The van der Waals surface area contributed by atoms with E-state index in [1.807, 2.05) is 37.3 Å². The number of halogens is 2. The van der Waals surface area contributed by atoms with Gasteiger partial charge in [0, 0.05) is 10.6 Å². The van der Waals surface area contributed by atoms with Crippen LogP contribution in [0.3, 0.4) is 0 Å². The number of benzene rings is 3. The Balaban J connectivity index is 1.53. The predicted octanol–water partition coefficient (Wildman–Crippen LogP) is 5.22. The summed E-state index contributed by atoms with van der Waals surface area (Å²) in [4.78, 5) is 25.4. The van der Waals surface area contributed by atoms with E-state index in [-0.39, 0.29) is 23.8 Å². The Morgan fingerprint density at radius 3 is 2.45 bits per heavy atom. The van der Waals surface area contributed by atoms with Gasteiger partial charge in [-0.1, -0.05) is 53.5 Å². The Kier molecular flexibility index (Phi) is 6.87. The van der Waals surface area contributed by atoms with Gasteiger partial charge < -0.3 is 9.47 Å². The standard InChI is InChI=1S/C25H20Cl2N2O4/c1-16-6-5-9-20(12-16)32-10-11-33-23-17(13-18(26)15-22(23)27)14-21-24(30)28-29(25(21)31)19-7-3-2-4-8-19/h2-9,12-15H,10-11H2,1H3,(H,28,30)/b21-14-. The highest BCUT2D eigenvalue weighted by Gasteiger charge is 2.34. The maximum Gasteiger partial charge on any atom is 0.282 e. The van der Waals surface area contributed by atoms with Crippen molar-refractivity contribution >= 4 is 46.8 Å². The van der Waals surface area contributed by atoms with Crippen LogP contribution in [0.4, 0.5) is 5.69 Å². The summed E-state index contributed by atoms with van der Waals surface area (Å²) in [6.07, 6.45) is 1.43. The number of hydrogen-bond donors (Lipinski definition) is 1. The maximum absolute atomic E-state index is 12.9. The third-order valence-electron chi connectivity index (χ3n) is 4.83. The van der Waals surface area contributed by atoms with E-state index in [4.69, 9.17) is 32.7 Å². The SMILES string of the molecule is Cc1cccc(OCCOc2c(Cl)cc(Cl)cc2/C=C2/C(=O)NN(c3ccccc3)C2=O)c1. The lowest BCUT2D eigenvalue weighted by Gasteiger charge is -2.14. The van der Waals surface area contributed by atoms with Crippen molar-refractivity contribution in [3.63, 3.8) is 0 Å². The molecule has 0 bridgehead atoms. The summed E-state index contributed by atoms with van der Waals surface area (Å²) in [7, 11) is 0. The molecule has 4 rings (SSSR count). The minimum absolute atomic E-state index is 0.0574. The molecule has 2 amide bonds. The molecule has 0 unspecified atom stereocenters. The molecule has 3 aromatic carbocycles. The van der Waals surface area contributed by atoms with Crippen LogP contribution in [-0.2, 0) is 9.59 Å². The Morgan fingerprint density at radius 2 is 1.70 bits per heavy atom. The molecule has 0 aromatic heterocycles. The van der Waals surface area contributed by atoms with Crippen LogP contribution < -0.4 is 19.9 Å². The molecular weight excluding hydrogens is 463 g/mol. The van der Waals surface area contributed by atoms with Crippen molar-refractivity contribution in [3.05, 3.63) is 93.5 Å². The summed E-state index contributed by atoms with van der Waals surface area (Å²) in [5.41, 5.74) is 4.56. The monoisotopic (exact) mass is 482 g/mol. The van der Waals surface area contributed by atoms with Crippen molar-refractivity contribution in [1.82, 2.24) is 5.43 Å². The van der Waals surface area contributed by atoms with Crippen molar-refractivity contribution < 1.29 is 19.1 Å². The van der Waals surface area contributed by atoms with Crippen molar-refractivity contribution in [3.8, 4) is 11.5 Å². The molecule has 33 heavy (non-hydrogen) atoms. The van der Waals surface area contributed by atoms with E-state index in [9.17, 15) is 9.59 Å². The highest BCUT2D eigenvalue weighted by Crippen LogP contribution is 2.35. The maximum atomic E-state index is 12.9. The minimum Gasteiger partial charge on any atom is -0.490 e. The molecule has 0 spiro atoms. The van der Waals surface area contributed by atoms with Gasteiger partial charge in [0.1, 0.15) is 30.3 Å². The number of carbonyl (C=O) groups excluding carboxylic acids is 2. The van der Waals surface area contributed by atoms with Crippen LogP contribution in [0.15, 0.2) is 72.3 Å². The first-order valence-electron chi connectivity index (χ1n) is 10.2. The smallest absolute Gasteiger partial charge is 0.282 e. The fraction of sp³-hybridized carbons (Fsp3) is 0.120. The summed E-state index contributed by atoms with van der Waals surface area (Å²) in [5.74, 6) is 0.0160. The van der Waals surface area contributed by atoms with Crippen LogP contribution in [0.2, 0.25) is 10.0 Å². The molecule has 1 aliphatic heterocycles. The number of hydrazine groups is 1. The summed E-state index contributed by atoms with van der Waals surface area (Å²) >= 11 is 12.5. The van der Waals surface area contributed by atoms with Crippen LogP contribution >= 0.6 is 23.2 Å². The van der Waals surface area contributed by atoms with Crippen molar-refractivity contribution in [2.24, 2.45) is 0 Å². The zero-order valence-electron chi connectivity index (χ0n) is 17.7. The number of hydrogen-bond acceptors (Lipinski definition) is 4. The molecule has 1 N–H and O–H groups in total. The Labute approximate surface area is 201 Å². The summed E-state index contributed by atoms with van der Waals surface area (Å²) in [6, 6.07) is 19.6. The van der Waals surface area contributed by atoms with E-state index in [0.717, 1.165) is 11.3 Å². The molecule has 8 heteroatoms. The quantitative estimate of drug-likeness (QED) is 0.284. The van der Waals surface area contributed by atoms with Gasteiger partial charge >= 0.3 is 0 Å². The average molecular weight is 483 g/mol. The fourth-order valence-corrected chi connectivity index (χ4v) is 3.88. The minimum atomic E-state index is -0.534. The second-order valence-corrected chi connectivity index (χ2v) is 8.14. The number of amides is 2. The third-order valence-corrected chi connectivity index (χ3v) is 5.33. The number of carbonyl (C=O) groups is 2. The summed E-state index contributed by atoms with van der Waals surface area (Å²) < 4.78 is 11.6. The van der Waals surface area contributed by atoms with Crippen LogP contribution in [0.25, 0.3) is 6.08 Å². The van der Waals surface area contributed by atoms with Gasteiger partial charge in [0.15, 0.2) is 0 Å². The zero-order chi connectivity index (χ0) is 23.4. The van der Waals surface area contributed by atoms with Crippen LogP contribution in [0, 0.1) is 6.92 Å². The lowest BCUT2D eigenvalue weighted by Crippen LogP contribution is -2.35. The first-order valence-corrected chi connectivity index (χ1v) is 10.9. The van der Waals surface area contributed by atoms with E-state index < -0.39 is 11.8 Å². The molecule has 3 aromatic rings. The molecule has 1 heterocycles. The molecule has 0 atom stereocenters. The van der Waals surface area contributed by atoms with Crippen LogP contribution in [0.1, 0.15) is 11.1 Å². The highest BCUT2D eigenvalue weighted by molar-refractivity contribution is 6.36. The number of para-hydroxylation sites is 1. The number of anilines is 1. The van der Waals surface area contributed by atoms with Crippen molar-refractivity contribution in [2.75, 3.05) is 18.2 Å². The predicted molar refractivity (Wildman–Crippen MR) is 129 cm³/mol. The molecule has 6 nitrogen and oxygen atoms in total. The van der Waals surface area contributed by atoms with Gasteiger partial charge in [0.2, 0.25) is 0 Å². The molecule has 0 aliphatic carbocycles. The second kappa shape index (κ2) is 9.98. The molecular formula is C25H20Cl2N2O4. The Morgan fingerprint density at radius 1 is 0.939 bits per heavy atom. The average Bonchev–Trinajstić information content (AvgIpc) is 3.07. The largest absolute Gasteiger partial charge is 0.490 e.